The lowest BCUT2D eigenvalue weighted by Gasteiger charge is -2.36. The fourth-order valence-corrected chi connectivity index (χ4v) is 3.01. The molecule has 1 aliphatic rings. The second kappa shape index (κ2) is 7.06. The van der Waals surface area contributed by atoms with Crippen LogP contribution in [-0.2, 0) is 0 Å². The Labute approximate surface area is 118 Å². The summed E-state index contributed by atoms with van der Waals surface area (Å²) in [4.78, 5) is 4.94. The van der Waals surface area contributed by atoms with Crippen LogP contribution in [0.4, 0.5) is 0 Å². The molecule has 0 bridgehead atoms. The number of likely N-dealkylation sites (tertiary alicyclic amines) is 1. The molecule has 0 spiro atoms. The smallest absolute Gasteiger partial charge is 0.0319 e. The molecule has 19 heavy (non-hydrogen) atoms. The molecule has 1 unspecified atom stereocenters. The zero-order valence-electron chi connectivity index (χ0n) is 12.7. The highest BCUT2D eigenvalue weighted by Crippen LogP contribution is 2.27. The van der Waals surface area contributed by atoms with Gasteiger partial charge < -0.3 is 4.90 Å². The van der Waals surface area contributed by atoms with Crippen molar-refractivity contribution in [1.82, 2.24) is 9.80 Å². The first kappa shape index (κ1) is 14.5. The molecule has 2 heteroatoms. The monoisotopic (exact) mass is 260 g/mol. The Bertz CT molecular complexity index is 353. The maximum Gasteiger partial charge on any atom is 0.0319 e. The highest BCUT2D eigenvalue weighted by molar-refractivity contribution is 5.18. The summed E-state index contributed by atoms with van der Waals surface area (Å²) in [6.45, 7) is 6.09. The lowest BCUT2D eigenvalue weighted by atomic mass is 9.92. The summed E-state index contributed by atoms with van der Waals surface area (Å²) in [6, 6.07) is 11.5. The number of rotatable bonds is 5. The van der Waals surface area contributed by atoms with Crippen LogP contribution in [0.1, 0.15) is 37.8 Å². The summed E-state index contributed by atoms with van der Waals surface area (Å²) in [5.74, 6) is 0.932. The van der Waals surface area contributed by atoms with Gasteiger partial charge in [0.15, 0.2) is 0 Å². The van der Waals surface area contributed by atoms with Gasteiger partial charge in [0.25, 0.3) is 0 Å². The Morgan fingerprint density at radius 3 is 2.37 bits per heavy atom. The molecule has 1 aromatic carbocycles. The summed E-state index contributed by atoms with van der Waals surface area (Å²) < 4.78 is 0. The molecule has 1 fully saturated rings. The van der Waals surface area contributed by atoms with Crippen molar-refractivity contribution in [3.05, 3.63) is 35.9 Å². The minimum atomic E-state index is 0.566. The fraction of sp³-hybridized carbons (Fsp3) is 0.647. The van der Waals surface area contributed by atoms with E-state index < -0.39 is 0 Å². The van der Waals surface area contributed by atoms with Crippen molar-refractivity contribution < 1.29 is 0 Å². The third-order valence-corrected chi connectivity index (χ3v) is 4.46. The quantitative estimate of drug-likeness (QED) is 0.800. The fourth-order valence-electron chi connectivity index (χ4n) is 3.01. The van der Waals surface area contributed by atoms with Gasteiger partial charge in [0.2, 0.25) is 0 Å². The average Bonchev–Trinajstić information content (AvgIpc) is 2.46. The standard InChI is InChI=1S/C17H28N2/c1-15(17-7-5-4-6-8-17)19-13-10-16(11-14-19)9-12-18(2)3/h4-8,15-16H,9-14H2,1-3H3. The molecule has 1 heterocycles. The van der Waals surface area contributed by atoms with E-state index in [1.165, 1.54) is 44.5 Å². The molecule has 1 atom stereocenters. The van der Waals surface area contributed by atoms with Gasteiger partial charge in [-0.25, -0.2) is 0 Å². The maximum atomic E-state index is 2.64. The van der Waals surface area contributed by atoms with Gasteiger partial charge in [0.05, 0.1) is 0 Å². The number of hydrogen-bond acceptors (Lipinski definition) is 2. The number of hydrogen-bond donors (Lipinski definition) is 0. The zero-order chi connectivity index (χ0) is 13.7. The summed E-state index contributed by atoms with van der Waals surface area (Å²) in [7, 11) is 4.35. The number of piperidine rings is 1. The predicted molar refractivity (Wildman–Crippen MR) is 82.3 cm³/mol. The molecule has 0 saturated carbocycles. The highest BCUT2D eigenvalue weighted by atomic mass is 15.2. The second-order valence-corrected chi connectivity index (χ2v) is 6.16. The van der Waals surface area contributed by atoms with Crippen LogP contribution in [0.25, 0.3) is 0 Å². The van der Waals surface area contributed by atoms with Gasteiger partial charge in [-0.15, -0.1) is 0 Å². The van der Waals surface area contributed by atoms with Crippen molar-refractivity contribution in [3.8, 4) is 0 Å². The Morgan fingerprint density at radius 2 is 1.79 bits per heavy atom. The predicted octanol–water partition coefficient (Wildman–Crippen LogP) is 3.41. The van der Waals surface area contributed by atoms with E-state index in [1.807, 2.05) is 0 Å². The van der Waals surface area contributed by atoms with Gasteiger partial charge in [-0.1, -0.05) is 30.3 Å². The van der Waals surface area contributed by atoms with Crippen molar-refractivity contribution in [3.63, 3.8) is 0 Å². The van der Waals surface area contributed by atoms with Crippen LogP contribution >= 0.6 is 0 Å². The van der Waals surface area contributed by atoms with E-state index in [1.54, 1.807) is 0 Å². The molecule has 1 saturated heterocycles. The number of benzene rings is 1. The van der Waals surface area contributed by atoms with E-state index in [2.05, 4.69) is 61.2 Å². The van der Waals surface area contributed by atoms with E-state index in [0.29, 0.717) is 6.04 Å². The summed E-state index contributed by atoms with van der Waals surface area (Å²) in [5.41, 5.74) is 1.45. The average molecular weight is 260 g/mol. The summed E-state index contributed by atoms with van der Waals surface area (Å²) in [6.07, 6.45) is 4.09. The van der Waals surface area contributed by atoms with Gasteiger partial charge >= 0.3 is 0 Å². The van der Waals surface area contributed by atoms with Crippen molar-refractivity contribution in [1.29, 1.82) is 0 Å². The summed E-state index contributed by atoms with van der Waals surface area (Å²) >= 11 is 0. The van der Waals surface area contributed by atoms with Gasteiger partial charge in [-0.3, -0.25) is 4.90 Å². The topological polar surface area (TPSA) is 6.48 Å². The van der Waals surface area contributed by atoms with Crippen LogP contribution in [0, 0.1) is 5.92 Å². The number of nitrogens with zero attached hydrogens (tertiary/aromatic N) is 2. The molecular formula is C17H28N2. The highest BCUT2D eigenvalue weighted by Gasteiger charge is 2.23. The minimum Gasteiger partial charge on any atom is -0.309 e. The molecule has 2 rings (SSSR count). The van der Waals surface area contributed by atoms with Crippen molar-refractivity contribution in [2.75, 3.05) is 33.7 Å². The third-order valence-electron chi connectivity index (χ3n) is 4.46. The lowest BCUT2D eigenvalue weighted by Crippen LogP contribution is -2.36. The van der Waals surface area contributed by atoms with Gasteiger partial charge in [0, 0.05) is 6.04 Å². The van der Waals surface area contributed by atoms with Crippen LogP contribution < -0.4 is 0 Å². The SMILES string of the molecule is CC(c1ccccc1)N1CCC(CCN(C)C)CC1. The van der Waals surface area contributed by atoms with Crippen LogP contribution in [0.5, 0.6) is 0 Å². The maximum absolute atomic E-state index is 2.64. The summed E-state index contributed by atoms with van der Waals surface area (Å²) in [5, 5.41) is 0. The molecule has 106 valence electrons. The Hall–Kier alpha value is -0.860. The lowest BCUT2D eigenvalue weighted by molar-refractivity contribution is 0.133. The first-order valence-electron chi connectivity index (χ1n) is 7.60. The van der Waals surface area contributed by atoms with E-state index in [9.17, 15) is 0 Å². The van der Waals surface area contributed by atoms with Crippen molar-refractivity contribution in [2.45, 2.75) is 32.2 Å². The molecule has 0 N–H and O–H groups in total. The normalized spacial score (nSPS) is 19.8. The molecule has 2 nitrogen and oxygen atoms in total. The zero-order valence-corrected chi connectivity index (χ0v) is 12.7. The van der Waals surface area contributed by atoms with E-state index in [-0.39, 0.29) is 0 Å². The van der Waals surface area contributed by atoms with Crippen LogP contribution in [0.3, 0.4) is 0 Å². The molecule has 0 aromatic heterocycles. The van der Waals surface area contributed by atoms with Gasteiger partial charge in [-0.05, 0) is 71.4 Å². The molecular weight excluding hydrogens is 232 g/mol. The van der Waals surface area contributed by atoms with Gasteiger partial charge in [-0.2, -0.15) is 0 Å². The van der Waals surface area contributed by atoms with Gasteiger partial charge in [0.1, 0.15) is 0 Å². The Balaban J connectivity index is 1.80. The molecule has 1 aromatic rings. The van der Waals surface area contributed by atoms with Crippen molar-refractivity contribution in [2.24, 2.45) is 5.92 Å². The van der Waals surface area contributed by atoms with Crippen LogP contribution in [0.15, 0.2) is 30.3 Å². The first-order valence-corrected chi connectivity index (χ1v) is 7.60. The minimum absolute atomic E-state index is 0.566. The Kier molecular flexibility index (Phi) is 5.41. The Morgan fingerprint density at radius 1 is 1.16 bits per heavy atom. The third kappa shape index (κ3) is 4.32. The molecule has 0 aliphatic carbocycles. The second-order valence-electron chi connectivity index (χ2n) is 6.16. The molecule has 0 radical (unpaired) electrons. The first-order chi connectivity index (χ1) is 9.16. The van der Waals surface area contributed by atoms with E-state index in [0.717, 1.165) is 5.92 Å². The van der Waals surface area contributed by atoms with Crippen molar-refractivity contribution >= 4 is 0 Å². The van der Waals surface area contributed by atoms with Crippen LogP contribution in [0.2, 0.25) is 0 Å². The largest absolute Gasteiger partial charge is 0.309 e. The van der Waals surface area contributed by atoms with Crippen LogP contribution in [-0.4, -0.2) is 43.5 Å². The molecule has 1 aliphatic heterocycles. The molecule has 0 amide bonds. The van der Waals surface area contributed by atoms with E-state index >= 15 is 0 Å². The van der Waals surface area contributed by atoms with E-state index in [4.69, 9.17) is 0 Å².